The lowest BCUT2D eigenvalue weighted by molar-refractivity contribution is 0.0857. The number of carbonyl (C=O) groups is 1. The molecule has 1 amide bonds. The maximum absolute atomic E-state index is 12.5. The van der Waals surface area contributed by atoms with Gasteiger partial charge in [-0.25, -0.2) is 9.97 Å². The topological polar surface area (TPSA) is 88.0 Å². The lowest BCUT2D eigenvalue weighted by Crippen LogP contribution is -2.34. The van der Waals surface area contributed by atoms with Crippen molar-refractivity contribution in [2.75, 3.05) is 0 Å². The fraction of sp³-hybridized carbons (Fsp3) is 0.158. The van der Waals surface area contributed by atoms with Crippen LogP contribution in [0.4, 0.5) is 0 Å². The number of nitrogens with zero attached hydrogens (tertiary/aromatic N) is 3. The van der Waals surface area contributed by atoms with E-state index < -0.39 is 12.1 Å². The van der Waals surface area contributed by atoms with E-state index in [9.17, 15) is 9.90 Å². The second-order valence-electron chi connectivity index (χ2n) is 5.95. The van der Waals surface area contributed by atoms with E-state index in [2.05, 4.69) is 20.3 Å². The summed E-state index contributed by atoms with van der Waals surface area (Å²) in [7, 11) is 0. The van der Waals surface area contributed by atoms with Crippen LogP contribution in [0.1, 0.15) is 27.5 Å². The zero-order valence-corrected chi connectivity index (χ0v) is 13.3. The minimum Gasteiger partial charge on any atom is -0.390 e. The summed E-state index contributed by atoms with van der Waals surface area (Å²) in [5, 5.41) is 13.1. The van der Waals surface area contributed by atoms with Crippen molar-refractivity contribution in [3.8, 4) is 11.4 Å². The van der Waals surface area contributed by atoms with Gasteiger partial charge in [-0.05, 0) is 23.3 Å². The number of aromatic nitrogens is 3. The van der Waals surface area contributed by atoms with Crippen LogP contribution < -0.4 is 5.32 Å². The Hall–Kier alpha value is -3.12. The van der Waals surface area contributed by atoms with E-state index in [1.807, 2.05) is 24.3 Å². The number of hydrogen-bond donors (Lipinski definition) is 2. The first-order chi connectivity index (χ1) is 12.2. The quantitative estimate of drug-likeness (QED) is 0.765. The molecular formula is C19H16N4O2. The van der Waals surface area contributed by atoms with E-state index >= 15 is 0 Å². The van der Waals surface area contributed by atoms with Crippen LogP contribution in [0.2, 0.25) is 0 Å². The molecule has 1 aliphatic carbocycles. The predicted octanol–water partition coefficient (Wildman–Crippen LogP) is 1.93. The van der Waals surface area contributed by atoms with Crippen LogP contribution in [0.3, 0.4) is 0 Å². The van der Waals surface area contributed by atoms with Gasteiger partial charge in [0.15, 0.2) is 5.82 Å². The van der Waals surface area contributed by atoms with Gasteiger partial charge >= 0.3 is 0 Å². The standard InChI is InChI=1S/C19H16N4O2/c24-16-9-13-3-1-2-4-15(13)17(16)23-19(25)14-10-21-18(22-11-14)12-5-7-20-8-6-12/h1-8,10-11,16-17,24H,9H2,(H,23,25)/t16-,17+/m0/s1. The molecule has 124 valence electrons. The number of pyridine rings is 1. The molecule has 4 rings (SSSR count). The van der Waals surface area contributed by atoms with Gasteiger partial charge in [0.05, 0.1) is 17.7 Å². The first-order valence-corrected chi connectivity index (χ1v) is 8.01. The average molecular weight is 332 g/mol. The summed E-state index contributed by atoms with van der Waals surface area (Å²) in [6.07, 6.45) is 6.23. The number of fused-ring (bicyclic) bond motifs is 1. The number of benzene rings is 1. The molecule has 2 heterocycles. The lowest BCUT2D eigenvalue weighted by Gasteiger charge is -2.17. The Kier molecular flexibility index (Phi) is 3.95. The second-order valence-corrected chi connectivity index (χ2v) is 5.95. The Labute approximate surface area is 144 Å². The molecule has 0 bridgehead atoms. The first kappa shape index (κ1) is 15.4. The Balaban J connectivity index is 1.52. The molecule has 2 atom stereocenters. The summed E-state index contributed by atoms with van der Waals surface area (Å²) in [5.74, 6) is 0.229. The molecule has 0 saturated heterocycles. The minimum absolute atomic E-state index is 0.304. The third-order valence-corrected chi connectivity index (χ3v) is 4.34. The average Bonchev–Trinajstić information content (AvgIpc) is 2.98. The van der Waals surface area contributed by atoms with Crippen LogP contribution in [-0.2, 0) is 6.42 Å². The van der Waals surface area contributed by atoms with E-state index in [0.717, 1.165) is 16.7 Å². The summed E-state index contributed by atoms with van der Waals surface area (Å²) < 4.78 is 0. The maximum atomic E-state index is 12.5. The molecule has 0 saturated carbocycles. The van der Waals surface area contributed by atoms with Gasteiger partial charge in [0.2, 0.25) is 0 Å². The van der Waals surface area contributed by atoms with Crippen LogP contribution in [0.5, 0.6) is 0 Å². The van der Waals surface area contributed by atoms with Crippen LogP contribution in [0, 0.1) is 0 Å². The van der Waals surface area contributed by atoms with Crippen molar-refractivity contribution in [2.45, 2.75) is 18.6 Å². The van der Waals surface area contributed by atoms with Crippen molar-refractivity contribution in [3.63, 3.8) is 0 Å². The summed E-state index contributed by atoms with van der Waals surface area (Å²) >= 11 is 0. The molecule has 0 radical (unpaired) electrons. The highest BCUT2D eigenvalue weighted by molar-refractivity contribution is 5.94. The normalized spacial score (nSPS) is 18.6. The number of hydrogen-bond acceptors (Lipinski definition) is 5. The zero-order valence-electron chi connectivity index (χ0n) is 13.3. The number of rotatable bonds is 3. The van der Waals surface area contributed by atoms with Gasteiger partial charge in [-0.3, -0.25) is 9.78 Å². The third-order valence-electron chi connectivity index (χ3n) is 4.34. The van der Waals surface area contributed by atoms with Crippen molar-refractivity contribution >= 4 is 5.91 Å². The summed E-state index contributed by atoms with van der Waals surface area (Å²) in [6.45, 7) is 0. The van der Waals surface area contributed by atoms with Crippen LogP contribution >= 0.6 is 0 Å². The zero-order chi connectivity index (χ0) is 17.2. The van der Waals surface area contributed by atoms with Gasteiger partial charge in [-0.1, -0.05) is 24.3 Å². The highest BCUT2D eigenvalue weighted by Gasteiger charge is 2.32. The van der Waals surface area contributed by atoms with Crippen LogP contribution in [-0.4, -0.2) is 32.1 Å². The number of nitrogens with one attached hydrogen (secondary N) is 1. The molecule has 0 unspecified atom stereocenters. The molecule has 2 aromatic heterocycles. The molecule has 1 aromatic carbocycles. The van der Waals surface area contributed by atoms with E-state index in [1.54, 1.807) is 24.5 Å². The van der Waals surface area contributed by atoms with Gasteiger partial charge in [-0.2, -0.15) is 0 Å². The highest BCUT2D eigenvalue weighted by atomic mass is 16.3. The van der Waals surface area contributed by atoms with Gasteiger partial charge in [0, 0.05) is 36.8 Å². The minimum atomic E-state index is -0.627. The molecule has 2 N–H and O–H groups in total. The Morgan fingerprint density at radius 3 is 2.56 bits per heavy atom. The lowest BCUT2D eigenvalue weighted by atomic mass is 10.1. The molecule has 6 heteroatoms. The molecule has 6 nitrogen and oxygen atoms in total. The van der Waals surface area contributed by atoms with Gasteiger partial charge in [0.25, 0.3) is 5.91 Å². The highest BCUT2D eigenvalue weighted by Crippen LogP contribution is 2.31. The van der Waals surface area contributed by atoms with Crippen molar-refractivity contribution in [2.24, 2.45) is 0 Å². The molecule has 0 aliphatic heterocycles. The Morgan fingerprint density at radius 2 is 1.80 bits per heavy atom. The fourth-order valence-electron chi connectivity index (χ4n) is 3.07. The van der Waals surface area contributed by atoms with E-state index in [-0.39, 0.29) is 5.91 Å². The Morgan fingerprint density at radius 1 is 1.08 bits per heavy atom. The van der Waals surface area contributed by atoms with Crippen LogP contribution in [0.15, 0.2) is 61.2 Å². The fourth-order valence-corrected chi connectivity index (χ4v) is 3.07. The first-order valence-electron chi connectivity index (χ1n) is 8.01. The van der Waals surface area contributed by atoms with E-state index in [1.165, 1.54) is 12.4 Å². The second kappa shape index (κ2) is 6.41. The van der Waals surface area contributed by atoms with Crippen molar-refractivity contribution in [1.29, 1.82) is 0 Å². The van der Waals surface area contributed by atoms with Crippen LogP contribution in [0.25, 0.3) is 11.4 Å². The monoisotopic (exact) mass is 332 g/mol. The number of amides is 1. The van der Waals surface area contributed by atoms with Crippen molar-refractivity contribution < 1.29 is 9.90 Å². The third kappa shape index (κ3) is 2.99. The van der Waals surface area contributed by atoms with E-state index in [4.69, 9.17) is 0 Å². The van der Waals surface area contributed by atoms with E-state index in [0.29, 0.717) is 17.8 Å². The van der Waals surface area contributed by atoms with Gasteiger partial charge in [0.1, 0.15) is 0 Å². The van der Waals surface area contributed by atoms with Crippen molar-refractivity contribution in [1.82, 2.24) is 20.3 Å². The molecule has 0 fully saturated rings. The van der Waals surface area contributed by atoms with Gasteiger partial charge < -0.3 is 10.4 Å². The summed E-state index contributed by atoms with van der Waals surface area (Å²) in [4.78, 5) is 24.9. The number of aliphatic hydroxyl groups is 1. The maximum Gasteiger partial charge on any atom is 0.254 e. The molecule has 3 aromatic rings. The molecule has 1 aliphatic rings. The number of aliphatic hydroxyl groups excluding tert-OH is 1. The SMILES string of the molecule is O=C(N[C@@H]1c2ccccc2C[C@@H]1O)c1cnc(-c2ccncc2)nc1. The summed E-state index contributed by atoms with van der Waals surface area (Å²) in [5.41, 5.74) is 3.21. The van der Waals surface area contributed by atoms with Crippen molar-refractivity contribution in [3.05, 3.63) is 77.9 Å². The smallest absolute Gasteiger partial charge is 0.254 e. The Bertz CT molecular complexity index is 897. The van der Waals surface area contributed by atoms with Gasteiger partial charge in [-0.15, -0.1) is 0 Å². The molecule has 0 spiro atoms. The summed E-state index contributed by atoms with van der Waals surface area (Å²) in [6, 6.07) is 10.9. The number of carbonyl (C=O) groups excluding carboxylic acids is 1. The molecular weight excluding hydrogens is 316 g/mol. The largest absolute Gasteiger partial charge is 0.390 e. The predicted molar refractivity (Wildman–Crippen MR) is 91.6 cm³/mol. The molecule has 25 heavy (non-hydrogen) atoms.